The van der Waals surface area contributed by atoms with Gasteiger partial charge in [0.05, 0.1) is 11.7 Å². The van der Waals surface area contributed by atoms with E-state index in [2.05, 4.69) is 17.2 Å². The second-order valence-electron chi connectivity index (χ2n) is 5.60. The third kappa shape index (κ3) is 4.04. The third-order valence-electron chi connectivity index (χ3n) is 3.92. The molecule has 1 fully saturated rings. The van der Waals surface area contributed by atoms with Gasteiger partial charge < -0.3 is 4.90 Å². The summed E-state index contributed by atoms with van der Waals surface area (Å²) in [6, 6.07) is 5.79. The van der Waals surface area contributed by atoms with Gasteiger partial charge in [0.15, 0.2) is 0 Å². The SMILES string of the molecule is CC(N[C@H](C)c1ccccn1)C(=O)N1CCCCCC1. The molecule has 1 amide bonds. The summed E-state index contributed by atoms with van der Waals surface area (Å²) in [5, 5.41) is 3.36. The van der Waals surface area contributed by atoms with E-state index in [1.165, 1.54) is 12.8 Å². The molecule has 1 aromatic heterocycles. The maximum Gasteiger partial charge on any atom is 0.239 e. The normalized spacial score (nSPS) is 19.2. The summed E-state index contributed by atoms with van der Waals surface area (Å²) in [6.07, 6.45) is 6.54. The molecule has 1 aliphatic rings. The van der Waals surface area contributed by atoms with Crippen LogP contribution in [0.15, 0.2) is 24.4 Å². The lowest BCUT2D eigenvalue weighted by molar-refractivity contribution is -0.133. The number of nitrogens with zero attached hydrogens (tertiary/aromatic N) is 2. The van der Waals surface area contributed by atoms with E-state index in [0.29, 0.717) is 0 Å². The van der Waals surface area contributed by atoms with Crippen LogP contribution in [0.1, 0.15) is 51.3 Å². The second kappa shape index (κ2) is 7.39. The summed E-state index contributed by atoms with van der Waals surface area (Å²) in [4.78, 5) is 18.8. The fourth-order valence-corrected chi connectivity index (χ4v) is 2.73. The molecule has 0 aromatic carbocycles. The van der Waals surface area contributed by atoms with Gasteiger partial charge in [0.25, 0.3) is 0 Å². The van der Waals surface area contributed by atoms with Gasteiger partial charge in [0.1, 0.15) is 0 Å². The van der Waals surface area contributed by atoms with E-state index in [4.69, 9.17) is 0 Å². The lowest BCUT2D eigenvalue weighted by Crippen LogP contribution is -2.46. The fourth-order valence-electron chi connectivity index (χ4n) is 2.73. The number of likely N-dealkylation sites (tertiary alicyclic amines) is 1. The highest BCUT2D eigenvalue weighted by Gasteiger charge is 2.22. The van der Waals surface area contributed by atoms with Crippen molar-refractivity contribution in [1.82, 2.24) is 15.2 Å². The fraction of sp³-hybridized carbons (Fsp3) is 0.625. The monoisotopic (exact) mass is 275 g/mol. The van der Waals surface area contributed by atoms with Gasteiger partial charge in [-0.25, -0.2) is 0 Å². The summed E-state index contributed by atoms with van der Waals surface area (Å²) < 4.78 is 0. The van der Waals surface area contributed by atoms with Crippen molar-refractivity contribution >= 4 is 5.91 Å². The van der Waals surface area contributed by atoms with E-state index in [1.54, 1.807) is 6.20 Å². The average molecular weight is 275 g/mol. The highest BCUT2D eigenvalue weighted by atomic mass is 16.2. The van der Waals surface area contributed by atoms with Crippen molar-refractivity contribution < 1.29 is 4.79 Å². The lowest BCUT2D eigenvalue weighted by atomic mass is 10.1. The Kier molecular flexibility index (Phi) is 5.53. The number of nitrogens with one attached hydrogen (secondary N) is 1. The van der Waals surface area contributed by atoms with Crippen molar-refractivity contribution in [2.45, 2.75) is 51.6 Å². The van der Waals surface area contributed by atoms with Crippen LogP contribution in [0.3, 0.4) is 0 Å². The zero-order valence-electron chi connectivity index (χ0n) is 12.5. The molecule has 20 heavy (non-hydrogen) atoms. The Morgan fingerprint density at radius 2 is 1.90 bits per heavy atom. The first kappa shape index (κ1) is 15.0. The van der Waals surface area contributed by atoms with Gasteiger partial charge in [0.2, 0.25) is 5.91 Å². The summed E-state index contributed by atoms with van der Waals surface area (Å²) in [6.45, 7) is 5.81. The van der Waals surface area contributed by atoms with Crippen molar-refractivity contribution in [3.8, 4) is 0 Å². The Morgan fingerprint density at radius 1 is 1.20 bits per heavy atom. The first-order chi connectivity index (χ1) is 9.68. The number of hydrogen-bond acceptors (Lipinski definition) is 3. The largest absolute Gasteiger partial charge is 0.341 e. The molecule has 1 N–H and O–H groups in total. The predicted octanol–water partition coefficient (Wildman–Crippen LogP) is 2.52. The van der Waals surface area contributed by atoms with Crippen molar-refractivity contribution in [3.63, 3.8) is 0 Å². The van der Waals surface area contributed by atoms with Gasteiger partial charge in [-0.15, -0.1) is 0 Å². The third-order valence-corrected chi connectivity index (χ3v) is 3.92. The number of carbonyl (C=O) groups is 1. The van der Waals surface area contributed by atoms with Crippen molar-refractivity contribution in [1.29, 1.82) is 0 Å². The van der Waals surface area contributed by atoms with E-state index in [1.807, 2.05) is 30.0 Å². The van der Waals surface area contributed by atoms with E-state index in [9.17, 15) is 4.79 Å². The Labute approximate surface area is 121 Å². The predicted molar refractivity (Wildman–Crippen MR) is 80.3 cm³/mol. The molecule has 110 valence electrons. The summed E-state index contributed by atoms with van der Waals surface area (Å²) in [7, 11) is 0. The van der Waals surface area contributed by atoms with Crippen LogP contribution in [-0.2, 0) is 4.79 Å². The highest BCUT2D eigenvalue weighted by molar-refractivity contribution is 5.81. The molecule has 2 atom stereocenters. The van der Waals surface area contributed by atoms with Crippen LogP contribution in [-0.4, -0.2) is 34.9 Å². The topological polar surface area (TPSA) is 45.2 Å². The Bertz CT molecular complexity index is 413. The van der Waals surface area contributed by atoms with E-state index in [0.717, 1.165) is 31.6 Å². The maximum absolute atomic E-state index is 12.5. The quantitative estimate of drug-likeness (QED) is 0.918. The standard InChI is InChI=1S/C16H25N3O/c1-13(15-9-5-6-10-17-15)18-14(2)16(20)19-11-7-3-4-8-12-19/h5-6,9-10,13-14,18H,3-4,7-8,11-12H2,1-2H3/t13-,14?/m1/s1. The number of amides is 1. The molecule has 0 saturated carbocycles. The number of aromatic nitrogens is 1. The molecule has 1 unspecified atom stereocenters. The first-order valence-corrected chi connectivity index (χ1v) is 7.64. The summed E-state index contributed by atoms with van der Waals surface area (Å²) >= 11 is 0. The Morgan fingerprint density at radius 3 is 2.50 bits per heavy atom. The molecule has 1 saturated heterocycles. The van der Waals surface area contributed by atoms with Crippen LogP contribution in [0.5, 0.6) is 0 Å². The molecular weight excluding hydrogens is 250 g/mol. The Balaban J connectivity index is 1.90. The molecule has 1 aromatic rings. The zero-order valence-corrected chi connectivity index (χ0v) is 12.5. The van der Waals surface area contributed by atoms with Crippen LogP contribution in [0, 0.1) is 0 Å². The molecule has 0 radical (unpaired) electrons. The Hall–Kier alpha value is -1.42. The van der Waals surface area contributed by atoms with Gasteiger partial charge in [-0.3, -0.25) is 15.1 Å². The van der Waals surface area contributed by atoms with Gasteiger partial charge in [-0.2, -0.15) is 0 Å². The highest BCUT2D eigenvalue weighted by Crippen LogP contribution is 2.13. The maximum atomic E-state index is 12.5. The number of rotatable bonds is 4. The minimum Gasteiger partial charge on any atom is -0.341 e. The number of pyridine rings is 1. The van der Waals surface area contributed by atoms with Crippen LogP contribution in [0.4, 0.5) is 0 Å². The van der Waals surface area contributed by atoms with Crippen molar-refractivity contribution in [3.05, 3.63) is 30.1 Å². The summed E-state index contributed by atoms with van der Waals surface area (Å²) in [5.74, 6) is 0.217. The van der Waals surface area contributed by atoms with Gasteiger partial charge >= 0.3 is 0 Å². The number of hydrogen-bond donors (Lipinski definition) is 1. The lowest BCUT2D eigenvalue weighted by Gasteiger charge is -2.26. The molecule has 0 bridgehead atoms. The molecule has 1 aliphatic heterocycles. The molecular formula is C16H25N3O. The molecule has 0 aliphatic carbocycles. The first-order valence-electron chi connectivity index (χ1n) is 7.64. The van der Waals surface area contributed by atoms with Gasteiger partial charge in [-0.1, -0.05) is 18.9 Å². The minimum atomic E-state index is -0.162. The summed E-state index contributed by atoms with van der Waals surface area (Å²) in [5.41, 5.74) is 0.975. The molecule has 4 heteroatoms. The minimum absolute atomic E-state index is 0.0853. The van der Waals surface area contributed by atoms with Crippen LogP contribution in [0.2, 0.25) is 0 Å². The van der Waals surface area contributed by atoms with Crippen molar-refractivity contribution in [2.75, 3.05) is 13.1 Å². The van der Waals surface area contributed by atoms with Gasteiger partial charge in [0, 0.05) is 25.3 Å². The van der Waals surface area contributed by atoms with E-state index in [-0.39, 0.29) is 18.0 Å². The van der Waals surface area contributed by atoms with E-state index < -0.39 is 0 Å². The van der Waals surface area contributed by atoms with Crippen LogP contribution >= 0.6 is 0 Å². The zero-order chi connectivity index (χ0) is 14.4. The average Bonchev–Trinajstić information content (AvgIpc) is 2.76. The molecule has 2 heterocycles. The van der Waals surface area contributed by atoms with Crippen LogP contribution < -0.4 is 5.32 Å². The smallest absolute Gasteiger partial charge is 0.239 e. The second-order valence-corrected chi connectivity index (χ2v) is 5.60. The molecule has 0 spiro atoms. The van der Waals surface area contributed by atoms with Gasteiger partial charge in [-0.05, 0) is 38.8 Å². The molecule has 2 rings (SSSR count). The molecule has 4 nitrogen and oxygen atoms in total. The van der Waals surface area contributed by atoms with Crippen molar-refractivity contribution in [2.24, 2.45) is 0 Å². The number of carbonyl (C=O) groups excluding carboxylic acids is 1. The van der Waals surface area contributed by atoms with Crippen LogP contribution in [0.25, 0.3) is 0 Å². The van der Waals surface area contributed by atoms with E-state index >= 15 is 0 Å².